The summed E-state index contributed by atoms with van der Waals surface area (Å²) in [6.45, 7) is 1.18. The number of aliphatic hydroxyl groups excluding tert-OH is 1. The highest BCUT2D eigenvalue weighted by atomic mass is 19.1. The van der Waals surface area contributed by atoms with Gasteiger partial charge in [-0.2, -0.15) is 0 Å². The molecule has 3 N–H and O–H groups in total. The Balaban J connectivity index is 1.23. The molecule has 0 aliphatic carbocycles. The van der Waals surface area contributed by atoms with Gasteiger partial charge in [0.15, 0.2) is 0 Å². The quantitative estimate of drug-likeness (QED) is 0.542. The second kappa shape index (κ2) is 10.9. The Hall–Kier alpha value is -3.01. The van der Waals surface area contributed by atoms with Crippen molar-refractivity contribution in [2.75, 3.05) is 25.1 Å². The Morgan fingerprint density at radius 3 is 2.72 bits per heavy atom. The van der Waals surface area contributed by atoms with Crippen molar-refractivity contribution < 1.29 is 33.3 Å². The van der Waals surface area contributed by atoms with E-state index in [4.69, 9.17) is 14.2 Å². The molecule has 5 rings (SSSR count). The van der Waals surface area contributed by atoms with E-state index in [2.05, 4.69) is 10.6 Å². The molecule has 0 bridgehead atoms. The van der Waals surface area contributed by atoms with Gasteiger partial charge in [0.25, 0.3) is 0 Å². The number of rotatable bonds is 7. The first kappa shape index (κ1) is 24.7. The molecule has 0 unspecified atom stereocenters. The summed E-state index contributed by atoms with van der Waals surface area (Å²) in [5, 5.41) is 15.8. The van der Waals surface area contributed by atoms with E-state index in [1.54, 1.807) is 12.1 Å². The predicted molar refractivity (Wildman–Crippen MR) is 129 cm³/mol. The smallest absolute Gasteiger partial charge is 0.227 e. The number of nitrogens with one attached hydrogen (secondary N) is 2. The second-order valence-electron chi connectivity index (χ2n) is 9.64. The Bertz CT molecular complexity index is 1110. The Morgan fingerprint density at radius 1 is 1.11 bits per heavy atom. The summed E-state index contributed by atoms with van der Waals surface area (Å²) in [6.07, 6.45) is 0.733. The first-order valence-corrected chi connectivity index (χ1v) is 12.5. The van der Waals surface area contributed by atoms with Gasteiger partial charge in [0.05, 0.1) is 19.1 Å². The topological polar surface area (TPSA) is 106 Å². The van der Waals surface area contributed by atoms with Crippen molar-refractivity contribution >= 4 is 17.5 Å². The van der Waals surface area contributed by atoms with E-state index < -0.39 is 12.2 Å². The molecule has 3 aliphatic rings. The van der Waals surface area contributed by atoms with Gasteiger partial charge in [0.2, 0.25) is 11.8 Å². The number of ether oxygens (including phenoxy) is 3. The molecular formula is C27H31FN2O6. The SMILES string of the molecule is O=C(C[C@@H]1C[C@@H]2c3cc(NC(=O)C4CCOCC4)ccc3O[C@@H]2[C@H](CO)O1)NCc1cccc(F)c1. The molecule has 3 aliphatic heterocycles. The first-order valence-electron chi connectivity index (χ1n) is 12.5. The lowest BCUT2D eigenvalue weighted by Crippen LogP contribution is -2.47. The summed E-state index contributed by atoms with van der Waals surface area (Å²) >= 11 is 0. The highest BCUT2D eigenvalue weighted by Gasteiger charge is 2.46. The normalized spacial score (nSPS) is 25.4. The van der Waals surface area contributed by atoms with Gasteiger partial charge in [-0.25, -0.2) is 4.39 Å². The van der Waals surface area contributed by atoms with Gasteiger partial charge in [0.1, 0.15) is 23.8 Å². The Morgan fingerprint density at radius 2 is 1.94 bits per heavy atom. The molecule has 3 heterocycles. The van der Waals surface area contributed by atoms with E-state index in [-0.39, 0.29) is 55.1 Å². The van der Waals surface area contributed by atoms with Crippen molar-refractivity contribution in [2.24, 2.45) is 5.92 Å². The number of anilines is 1. The summed E-state index contributed by atoms with van der Waals surface area (Å²) < 4.78 is 30.9. The average molecular weight is 499 g/mol. The van der Waals surface area contributed by atoms with Crippen LogP contribution in [0.4, 0.5) is 10.1 Å². The molecule has 192 valence electrons. The number of aliphatic hydroxyl groups is 1. The molecule has 0 aromatic heterocycles. The van der Waals surface area contributed by atoms with Gasteiger partial charge in [0, 0.05) is 42.8 Å². The molecule has 0 radical (unpaired) electrons. The lowest BCUT2D eigenvalue weighted by molar-refractivity contribution is -0.142. The standard InChI is InChI=1S/C27H31FN2O6/c28-18-3-1-2-16(10-18)14-29-25(32)13-20-12-22-21-11-19(30-27(33)17-6-8-34-9-7-17)4-5-23(21)36-26(22)24(15-31)35-20/h1-5,10-11,17,20,22,24,26,31H,6-9,12-15H2,(H,29,32)(H,30,33)/t20-,22+,24-,26-/m0/s1. The van der Waals surface area contributed by atoms with Crippen molar-refractivity contribution in [3.63, 3.8) is 0 Å². The predicted octanol–water partition coefficient (Wildman–Crippen LogP) is 2.89. The number of halogens is 1. The van der Waals surface area contributed by atoms with Gasteiger partial charge in [-0.3, -0.25) is 9.59 Å². The van der Waals surface area contributed by atoms with E-state index in [1.165, 1.54) is 12.1 Å². The maximum absolute atomic E-state index is 13.4. The number of hydrogen-bond acceptors (Lipinski definition) is 6. The highest BCUT2D eigenvalue weighted by Crippen LogP contribution is 2.47. The zero-order valence-electron chi connectivity index (χ0n) is 20.0. The zero-order valence-corrected chi connectivity index (χ0v) is 20.0. The van der Waals surface area contributed by atoms with E-state index in [0.29, 0.717) is 49.5 Å². The molecule has 8 nitrogen and oxygen atoms in total. The van der Waals surface area contributed by atoms with E-state index in [1.807, 2.05) is 18.2 Å². The highest BCUT2D eigenvalue weighted by molar-refractivity contribution is 5.92. The molecule has 9 heteroatoms. The third-order valence-corrected chi connectivity index (χ3v) is 7.15. The Kier molecular flexibility index (Phi) is 7.50. The van der Waals surface area contributed by atoms with E-state index in [0.717, 1.165) is 5.56 Å². The molecule has 0 spiro atoms. The fourth-order valence-electron chi connectivity index (χ4n) is 5.30. The van der Waals surface area contributed by atoms with Crippen LogP contribution in [0.5, 0.6) is 5.75 Å². The summed E-state index contributed by atoms with van der Waals surface area (Å²) in [5.74, 6) is -0.0116. The zero-order chi connectivity index (χ0) is 25.1. The summed E-state index contributed by atoms with van der Waals surface area (Å²) in [4.78, 5) is 25.3. The molecule has 2 aromatic carbocycles. The lowest BCUT2D eigenvalue weighted by atomic mass is 9.84. The van der Waals surface area contributed by atoms with Crippen LogP contribution in [0.3, 0.4) is 0 Å². The van der Waals surface area contributed by atoms with Crippen molar-refractivity contribution in [1.29, 1.82) is 0 Å². The maximum Gasteiger partial charge on any atom is 0.227 e. The number of hydrogen-bond donors (Lipinski definition) is 3. The molecule has 36 heavy (non-hydrogen) atoms. The van der Waals surface area contributed by atoms with Crippen LogP contribution in [0.1, 0.15) is 42.7 Å². The van der Waals surface area contributed by atoms with Crippen LogP contribution in [0.2, 0.25) is 0 Å². The molecule has 0 saturated carbocycles. The molecule has 2 saturated heterocycles. The fourth-order valence-corrected chi connectivity index (χ4v) is 5.30. The minimum atomic E-state index is -0.572. The second-order valence-corrected chi connectivity index (χ2v) is 9.64. The van der Waals surface area contributed by atoms with Gasteiger partial charge < -0.3 is 30.0 Å². The van der Waals surface area contributed by atoms with Crippen LogP contribution in [0.25, 0.3) is 0 Å². The molecule has 2 fully saturated rings. The Labute approximate surface area is 209 Å². The third-order valence-electron chi connectivity index (χ3n) is 7.15. The van der Waals surface area contributed by atoms with Crippen LogP contribution >= 0.6 is 0 Å². The van der Waals surface area contributed by atoms with Crippen LogP contribution in [0.15, 0.2) is 42.5 Å². The fraction of sp³-hybridized carbons (Fsp3) is 0.481. The summed E-state index contributed by atoms with van der Waals surface area (Å²) in [5.41, 5.74) is 2.32. The van der Waals surface area contributed by atoms with Crippen molar-refractivity contribution in [3.05, 3.63) is 59.4 Å². The number of carbonyl (C=O) groups is 2. The molecule has 4 atom stereocenters. The van der Waals surface area contributed by atoms with Crippen LogP contribution in [0, 0.1) is 11.7 Å². The first-order chi connectivity index (χ1) is 17.5. The van der Waals surface area contributed by atoms with Crippen molar-refractivity contribution in [3.8, 4) is 5.75 Å². The largest absolute Gasteiger partial charge is 0.487 e. The minimum Gasteiger partial charge on any atom is -0.487 e. The van der Waals surface area contributed by atoms with Gasteiger partial charge in [-0.15, -0.1) is 0 Å². The maximum atomic E-state index is 13.4. The van der Waals surface area contributed by atoms with E-state index >= 15 is 0 Å². The number of amides is 2. The van der Waals surface area contributed by atoms with Gasteiger partial charge in [-0.05, 0) is 55.2 Å². The van der Waals surface area contributed by atoms with E-state index in [9.17, 15) is 19.1 Å². The number of carbonyl (C=O) groups excluding carboxylic acids is 2. The molecular weight excluding hydrogens is 467 g/mol. The van der Waals surface area contributed by atoms with Crippen LogP contribution < -0.4 is 15.4 Å². The van der Waals surface area contributed by atoms with Gasteiger partial charge in [-0.1, -0.05) is 12.1 Å². The van der Waals surface area contributed by atoms with Crippen LogP contribution in [-0.4, -0.2) is 55.1 Å². The number of benzene rings is 2. The molecule has 2 aromatic rings. The lowest BCUT2D eigenvalue weighted by Gasteiger charge is -2.37. The van der Waals surface area contributed by atoms with Crippen molar-refractivity contribution in [2.45, 2.75) is 56.5 Å². The van der Waals surface area contributed by atoms with Gasteiger partial charge >= 0.3 is 0 Å². The third kappa shape index (κ3) is 5.53. The van der Waals surface area contributed by atoms with Crippen molar-refractivity contribution in [1.82, 2.24) is 5.32 Å². The average Bonchev–Trinajstić information content (AvgIpc) is 3.25. The summed E-state index contributed by atoms with van der Waals surface area (Å²) in [6, 6.07) is 11.7. The molecule has 2 amide bonds. The minimum absolute atomic E-state index is 0.0122. The monoisotopic (exact) mass is 498 g/mol. The number of fused-ring (bicyclic) bond motifs is 3. The summed E-state index contributed by atoms with van der Waals surface area (Å²) in [7, 11) is 0. The van der Waals surface area contributed by atoms with Crippen LogP contribution in [-0.2, 0) is 25.6 Å².